The molecule has 2 unspecified atom stereocenters. The van der Waals surface area contributed by atoms with Gasteiger partial charge in [-0.05, 0) is 37.1 Å². The third kappa shape index (κ3) is 19.3. The molecule has 33 heavy (non-hydrogen) atoms. The molecule has 0 aliphatic heterocycles. The number of aromatic carboxylic acids is 2. The molecule has 0 radical (unpaired) electrons. The van der Waals surface area contributed by atoms with Crippen molar-refractivity contribution in [2.24, 2.45) is 0 Å². The summed E-state index contributed by atoms with van der Waals surface area (Å²) in [6, 6.07) is 5.02. The largest absolute Gasteiger partial charge is 0.481 e. The Morgan fingerprint density at radius 1 is 0.727 bits per heavy atom. The lowest BCUT2D eigenvalue weighted by Gasteiger charge is -2.14. The Morgan fingerprint density at radius 2 is 1.12 bits per heavy atom. The maximum Gasteiger partial charge on any atom is 0.335 e. The summed E-state index contributed by atoms with van der Waals surface area (Å²) in [5, 5.41) is 67.5. The van der Waals surface area contributed by atoms with Gasteiger partial charge in [-0.1, -0.05) is 0 Å². The second-order valence-electron chi connectivity index (χ2n) is 6.30. The van der Waals surface area contributed by atoms with Crippen LogP contribution in [-0.2, 0) is 14.3 Å². The van der Waals surface area contributed by atoms with E-state index >= 15 is 0 Å². The molecule has 0 amide bonds. The summed E-state index contributed by atoms with van der Waals surface area (Å²) in [6.45, 7) is -0.580. The lowest BCUT2D eigenvalue weighted by Crippen LogP contribution is -2.33. The molecule has 0 spiro atoms. The van der Waals surface area contributed by atoms with Crippen LogP contribution in [0.3, 0.4) is 0 Å². The molecule has 0 saturated heterocycles. The Morgan fingerprint density at radius 3 is 1.39 bits per heavy atom. The number of rotatable bonds is 13. The highest BCUT2D eigenvalue weighted by molar-refractivity contribution is 5.91. The molecule has 0 aliphatic rings. The van der Waals surface area contributed by atoms with Crippen molar-refractivity contribution in [3.8, 4) is 0 Å². The van der Waals surface area contributed by atoms with Gasteiger partial charge in [0.15, 0.2) is 0 Å². The molecular formula is C20H30O13. The summed E-state index contributed by atoms with van der Waals surface area (Å²) < 4.78 is 4.70. The Kier molecular flexibility index (Phi) is 19.0. The van der Waals surface area contributed by atoms with Gasteiger partial charge in [-0.25, -0.2) is 9.59 Å². The summed E-state index contributed by atoms with van der Waals surface area (Å²) >= 11 is 0. The first-order chi connectivity index (χ1) is 15.5. The molecule has 1 aromatic rings. The van der Waals surface area contributed by atoms with Crippen molar-refractivity contribution < 1.29 is 64.8 Å². The molecule has 8 N–H and O–H groups in total. The first-order valence-electron chi connectivity index (χ1n) is 9.62. The number of aliphatic hydroxyl groups is 4. The Bertz CT molecular complexity index is 653. The van der Waals surface area contributed by atoms with Gasteiger partial charge in [-0.3, -0.25) is 9.59 Å². The molecule has 0 saturated carbocycles. The van der Waals surface area contributed by atoms with Crippen molar-refractivity contribution in [3.05, 3.63) is 35.4 Å². The molecule has 1 rings (SSSR count). The topological polar surface area (TPSA) is 239 Å². The highest BCUT2D eigenvalue weighted by atomic mass is 16.5. The minimum absolute atomic E-state index is 0.0628. The molecule has 188 valence electrons. The fourth-order valence-corrected chi connectivity index (χ4v) is 1.81. The van der Waals surface area contributed by atoms with E-state index in [1.807, 2.05) is 0 Å². The highest BCUT2D eigenvalue weighted by Crippen LogP contribution is 2.03. The van der Waals surface area contributed by atoms with E-state index in [2.05, 4.69) is 0 Å². The standard InChI is InChI=1S/C8H6O4.C6H14O5.C6H10O4/c9-7(10)5-1-2-6(4-3-5)8(11)12;7-1-2-11-4-6(10)5(9)3-8;7-5(8)3-1-2-4-6(9)10/h1-4H,(H,9,10)(H,11,12);5-10H,1-4H2;1-4H2,(H,7,8)(H,9,10). The zero-order valence-corrected chi connectivity index (χ0v) is 17.7. The van der Waals surface area contributed by atoms with E-state index in [-0.39, 0.29) is 43.8 Å². The van der Waals surface area contributed by atoms with E-state index in [4.69, 9.17) is 45.6 Å². The first kappa shape index (κ1) is 32.1. The van der Waals surface area contributed by atoms with Crippen molar-refractivity contribution in [2.75, 3.05) is 26.4 Å². The SMILES string of the molecule is O=C(O)CCCCC(=O)O.O=C(O)c1ccc(C(=O)O)cc1.OCCOCC(O)C(O)CO. The van der Waals surface area contributed by atoms with Crippen LogP contribution in [0.25, 0.3) is 0 Å². The number of carboxylic acid groups (broad SMARTS) is 4. The van der Waals surface area contributed by atoms with E-state index in [1.165, 1.54) is 24.3 Å². The summed E-state index contributed by atoms with van der Waals surface area (Å²) in [5.74, 6) is -3.87. The van der Waals surface area contributed by atoms with Crippen molar-refractivity contribution in [2.45, 2.75) is 37.9 Å². The Labute approximate surface area is 189 Å². The number of unbranched alkanes of at least 4 members (excludes halogenated alkanes) is 1. The Balaban J connectivity index is 0. The monoisotopic (exact) mass is 478 g/mol. The van der Waals surface area contributed by atoms with E-state index in [0.29, 0.717) is 12.8 Å². The molecule has 13 heteroatoms. The van der Waals surface area contributed by atoms with E-state index < -0.39 is 42.7 Å². The minimum atomic E-state index is -1.17. The van der Waals surface area contributed by atoms with Crippen molar-refractivity contribution in [1.29, 1.82) is 0 Å². The maximum atomic E-state index is 10.3. The average Bonchev–Trinajstić information content (AvgIpc) is 2.77. The van der Waals surface area contributed by atoms with Crippen LogP contribution in [0.1, 0.15) is 46.4 Å². The number of ether oxygens (including phenoxy) is 1. The number of carboxylic acids is 4. The zero-order valence-electron chi connectivity index (χ0n) is 17.7. The second-order valence-corrected chi connectivity index (χ2v) is 6.30. The molecule has 13 nitrogen and oxygen atoms in total. The third-order valence-electron chi connectivity index (χ3n) is 3.57. The van der Waals surface area contributed by atoms with Crippen molar-refractivity contribution in [1.82, 2.24) is 0 Å². The summed E-state index contributed by atoms with van der Waals surface area (Å²) in [7, 11) is 0. The van der Waals surface area contributed by atoms with Crippen LogP contribution in [0.15, 0.2) is 24.3 Å². The lowest BCUT2D eigenvalue weighted by atomic mass is 10.1. The van der Waals surface area contributed by atoms with E-state index in [1.54, 1.807) is 0 Å². The van der Waals surface area contributed by atoms with Gasteiger partial charge in [0.1, 0.15) is 12.2 Å². The maximum absolute atomic E-state index is 10.3. The quantitative estimate of drug-likeness (QED) is 0.167. The summed E-state index contributed by atoms with van der Waals surface area (Å²) in [4.78, 5) is 40.5. The minimum Gasteiger partial charge on any atom is -0.481 e. The molecule has 0 fully saturated rings. The Hall–Kier alpha value is -3.10. The van der Waals surface area contributed by atoms with Crippen LogP contribution >= 0.6 is 0 Å². The lowest BCUT2D eigenvalue weighted by molar-refractivity contribution is -0.139. The third-order valence-corrected chi connectivity index (χ3v) is 3.57. The van der Waals surface area contributed by atoms with Crippen LogP contribution in [0, 0.1) is 0 Å². The van der Waals surface area contributed by atoms with Crippen LogP contribution < -0.4 is 0 Å². The van der Waals surface area contributed by atoms with Gasteiger partial charge in [0.05, 0.1) is 37.6 Å². The molecule has 1 aromatic carbocycles. The van der Waals surface area contributed by atoms with Gasteiger partial charge in [0.25, 0.3) is 0 Å². The summed E-state index contributed by atoms with van der Waals surface area (Å²) in [6.07, 6.45) is -1.25. The van der Waals surface area contributed by atoms with Crippen LogP contribution in [-0.4, -0.2) is 103 Å². The molecule has 0 aliphatic carbocycles. The number of carbonyl (C=O) groups is 4. The molecule has 2 atom stereocenters. The normalized spacial score (nSPS) is 11.6. The van der Waals surface area contributed by atoms with Gasteiger partial charge in [-0.15, -0.1) is 0 Å². The highest BCUT2D eigenvalue weighted by Gasteiger charge is 2.14. The molecule has 0 bridgehead atoms. The fraction of sp³-hybridized carbons (Fsp3) is 0.500. The fourth-order valence-electron chi connectivity index (χ4n) is 1.81. The zero-order chi connectivity index (χ0) is 25.8. The predicted molar refractivity (Wildman–Crippen MR) is 111 cm³/mol. The van der Waals surface area contributed by atoms with E-state index in [0.717, 1.165) is 0 Å². The number of aliphatic hydroxyl groups excluding tert-OH is 4. The van der Waals surface area contributed by atoms with Gasteiger partial charge < -0.3 is 45.6 Å². The number of benzene rings is 1. The predicted octanol–water partition coefficient (Wildman–Crippen LogP) is -0.492. The van der Waals surface area contributed by atoms with Gasteiger partial charge in [0.2, 0.25) is 0 Å². The van der Waals surface area contributed by atoms with Crippen LogP contribution in [0.5, 0.6) is 0 Å². The number of hydrogen-bond acceptors (Lipinski definition) is 9. The summed E-state index contributed by atoms with van der Waals surface area (Å²) in [5.41, 5.74) is 0.167. The molecular weight excluding hydrogens is 448 g/mol. The second kappa shape index (κ2) is 19.6. The van der Waals surface area contributed by atoms with Crippen molar-refractivity contribution in [3.63, 3.8) is 0 Å². The van der Waals surface area contributed by atoms with Gasteiger partial charge in [-0.2, -0.15) is 0 Å². The smallest absolute Gasteiger partial charge is 0.335 e. The number of hydrogen-bond donors (Lipinski definition) is 8. The van der Waals surface area contributed by atoms with E-state index in [9.17, 15) is 19.2 Å². The van der Waals surface area contributed by atoms with Crippen molar-refractivity contribution >= 4 is 23.9 Å². The number of aliphatic carboxylic acids is 2. The average molecular weight is 478 g/mol. The first-order valence-corrected chi connectivity index (χ1v) is 9.62. The molecule has 0 heterocycles. The van der Waals surface area contributed by atoms with Crippen LogP contribution in [0.4, 0.5) is 0 Å². The molecule has 0 aromatic heterocycles. The van der Waals surface area contributed by atoms with Gasteiger partial charge in [0, 0.05) is 12.8 Å². The van der Waals surface area contributed by atoms with Crippen LogP contribution in [0.2, 0.25) is 0 Å². The van der Waals surface area contributed by atoms with Gasteiger partial charge >= 0.3 is 23.9 Å².